The quantitative estimate of drug-likeness (QED) is 0.363. The van der Waals surface area contributed by atoms with Crippen LogP contribution >= 0.6 is 0 Å². The first-order valence-corrected chi connectivity index (χ1v) is 5.40. The molecular formula is C11H12O7. The lowest BCUT2D eigenvalue weighted by atomic mass is 10.0. The van der Waals surface area contributed by atoms with Gasteiger partial charge in [0.25, 0.3) is 0 Å². The molecule has 98 valence electrons. The number of ketones is 3. The van der Waals surface area contributed by atoms with E-state index in [0.717, 1.165) is 0 Å². The third-order valence-corrected chi connectivity index (χ3v) is 2.38. The third kappa shape index (κ3) is 2.29. The predicted octanol–water partition coefficient (Wildman–Crippen LogP) is -0.934. The Morgan fingerprint density at radius 2 is 1.22 bits per heavy atom. The van der Waals surface area contributed by atoms with E-state index in [1.54, 1.807) is 0 Å². The zero-order chi connectivity index (χ0) is 13.9. The molecule has 0 N–H and O–H groups in total. The van der Waals surface area contributed by atoms with Crippen LogP contribution in [0.1, 0.15) is 13.8 Å². The molecule has 0 aliphatic heterocycles. The van der Waals surface area contributed by atoms with Gasteiger partial charge in [-0.2, -0.15) is 0 Å². The van der Waals surface area contributed by atoms with Crippen molar-refractivity contribution in [2.24, 2.45) is 11.8 Å². The summed E-state index contributed by atoms with van der Waals surface area (Å²) in [5, 5.41) is 0. The van der Waals surface area contributed by atoms with E-state index in [9.17, 15) is 24.0 Å². The molecule has 1 aliphatic carbocycles. The van der Waals surface area contributed by atoms with E-state index in [1.807, 2.05) is 0 Å². The molecule has 0 aromatic rings. The Morgan fingerprint density at radius 1 is 0.889 bits per heavy atom. The lowest BCUT2D eigenvalue weighted by Gasteiger charge is -2.07. The summed E-state index contributed by atoms with van der Waals surface area (Å²) < 4.78 is 9.04. The molecule has 0 aromatic heterocycles. The molecule has 0 bridgehead atoms. The second-order valence-electron chi connectivity index (χ2n) is 3.50. The summed E-state index contributed by atoms with van der Waals surface area (Å²) >= 11 is 0. The summed E-state index contributed by atoms with van der Waals surface area (Å²) in [6.45, 7) is 2.92. The van der Waals surface area contributed by atoms with E-state index in [1.165, 1.54) is 13.8 Å². The van der Waals surface area contributed by atoms with E-state index in [4.69, 9.17) is 0 Å². The Balaban J connectivity index is 2.97. The van der Waals surface area contributed by atoms with Crippen molar-refractivity contribution in [3.8, 4) is 0 Å². The maximum absolute atomic E-state index is 11.7. The molecule has 7 heteroatoms. The standard InChI is InChI=1S/C11H12O7/c1-3-17-10(15)5-7(12)6(9(14)8(5)13)11(16)18-4-2/h5-6H,3-4H2,1-2H3. The molecule has 0 saturated heterocycles. The fraction of sp³-hybridized carbons (Fsp3) is 0.545. The van der Waals surface area contributed by atoms with Crippen LogP contribution in [0.15, 0.2) is 0 Å². The summed E-state index contributed by atoms with van der Waals surface area (Å²) in [7, 11) is 0. The van der Waals surface area contributed by atoms with Gasteiger partial charge in [-0.1, -0.05) is 0 Å². The number of carbonyl (C=O) groups is 5. The molecular weight excluding hydrogens is 244 g/mol. The second-order valence-corrected chi connectivity index (χ2v) is 3.50. The third-order valence-electron chi connectivity index (χ3n) is 2.38. The number of hydrogen-bond acceptors (Lipinski definition) is 7. The lowest BCUT2D eigenvalue weighted by Crippen LogP contribution is -2.31. The highest BCUT2D eigenvalue weighted by atomic mass is 16.5. The second kappa shape index (κ2) is 5.52. The van der Waals surface area contributed by atoms with Gasteiger partial charge < -0.3 is 9.47 Å². The molecule has 0 amide bonds. The van der Waals surface area contributed by atoms with Crippen molar-refractivity contribution in [3.63, 3.8) is 0 Å². The van der Waals surface area contributed by atoms with Crippen molar-refractivity contribution in [2.45, 2.75) is 13.8 Å². The molecule has 7 nitrogen and oxygen atoms in total. The van der Waals surface area contributed by atoms with Crippen LogP contribution in [0, 0.1) is 11.8 Å². The first-order chi connectivity index (χ1) is 8.45. The van der Waals surface area contributed by atoms with Gasteiger partial charge >= 0.3 is 11.9 Å². The van der Waals surface area contributed by atoms with Crippen LogP contribution in [-0.2, 0) is 33.4 Å². The van der Waals surface area contributed by atoms with Crippen LogP contribution in [0.5, 0.6) is 0 Å². The highest BCUT2D eigenvalue weighted by Crippen LogP contribution is 2.23. The van der Waals surface area contributed by atoms with E-state index in [-0.39, 0.29) is 13.2 Å². The number of ether oxygens (including phenoxy) is 2. The van der Waals surface area contributed by atoms with E-state index < -0.39 is 41.1 Å². The molecule has 1 rings (SSSR count). The minimum absolute atomic E-state index is 0.0336. The van der Waals surface area contributed by atoms with Gasteiger partial charge in [0.15, 0.2) is 17.6 Å². The van der Waals surface area contributed by atoms with Gasteiger partial charge in [0, 0.05) is 0 Å². The van der Waals surface area contributed by atoms with Crippen LogP contribution in [0.3, 0.4) is 0 Å². The molecule has 2 atom stereocenters. The fourth-order valence-electron chi connectivity index (χ4n) is 1.61. The zero-order valence-electron chi connectivity index (χ0n) is 9.93. The molecule has 0 radical (unpaired) electrons. The molecule has 0 aromatic carbocycles. The minimum atomic E-state index is -1.83. The molecule has 0 spiro atoms. The fourth-order valence-corrected chi connectivity index (χ4v) is 1.61. The first-order valence-electron chi connectivity index (χ1n) is 5.40. The van der Waals surface area contributed by atoms with Crippen molar-refractivity contribution in [2.75, 3.05) is 13.2 Å². The largest absolute Gasteiger partial charge is 0.465 e. The van der Waals surface area contributed by atoms with Crippen LogP contribution in [0.2, 0.25) is 0 Å². The summed E-state index contributed by atoms with van der Waals surface area (Å²) in [6.07, 6.45) is 0. The summed E-state index contributed by atoms with van der Waals surface area (Å²) in [5.74, 6) is -9.35. The lowest BCUT2D eigenvalue weighted by molar-refractivity contribution is -0.154. The van der Waals surface area contributed by atoms with Gasteiger partial charge in [-0.15, -0.1) is 0 Å². The molecule has 0 heterocycles. The number of esters is 2. The smallest absolute Gasteiger partial charge is 0.324 e. The zero-order valence-corrected chi connectivity index (χ0v) is 9.93. The summed E-state index contributed by atoms with van der Waals surface area (Å²) in [5.41, 5.74) is 0. The van der Waals surface area contributed by atoms with Gasteiger partial charge in [-0.3, -0.25) is 24.0 Å². The van der Waals surface area contributed by atoms with Crippen molar-refractivity contribution in [1.82, 2.24) is 0 Å². The van der Waals surface area contributed by atoms with E-state index in [2.05, 4.69) is 9.47 Å². The van der Waals surface area contributed by atoms with Crippen molar-refractivity contribution < 1.29 is 33.4 Å². The minimum Gasteiger partial charge on any atom is -0.465 e. The average molecular weight is 256 g/mol. The summed E-state index contributed by atoms with van der Waals surface area (Å²) in [4.78, 5) is 57.4. The van der Waals surface area contributed by atoms with Gasteiger partial charge in [-0.25, -0.2) is 0 Å². The average Bonchev–Trinajstić information content (AvgIpc) is 2.51. The Morgan fingerprint density at radius 3 is 1.50 bits per heavy atom. The normalized spacial score (nSPS) is 23.1. The van der Waals surface area contributed by atoms with Crippen LogP contribution in [0.25, 0.3) is 0 Å². The maximum atomic E-state index is 11.7. The van der Waals surface area contributed by atoms with Gasteiger partial charge in [-0.05, 0) is 13.8 Å². The molecule has 1 aliphatic rings. The summed E-state index contributed by atoms with van der Waals surface area (Å²) in [6, 6.07) is 0. The predicted molar refractivity (Wildman–Crippen MR) is 55.3 cm³/mol. The molecule has 18 heavy (non-hydrogen) atoms. The van der Waals surface area contributed by atoms with Crippen molar-refractivity contribution >= 4 is 29.3 Å². The Bertz CT molecular complexity index is 385. The topological polar surface area (TPSA) is 104 Å². The number of hydrogen-bond donors (Lipinski definition) is 0. The SMILES string of the molecule is CCOC(=O)C1C(=O)C(=O)C(C(=O)OCC)C1=O. The van der Waals surface area contributed by atoms with Gasteiger partial charge in [0.2, 0.25) is 11.6 Å². The van der Waals surface area contributed by atoms with Gasteiger partial charge in [0.05, 0.1) is 13.2 Å². The number of rotatable bonds is 4. The maximum Gasteiger partial charge on any atom is 0.324 e. The van der Waals surface area contributed by atoms with Crippen LogP contribution < -0.4 is 0 Å². The van der Waals surface area contributed by atoms with Crippen molar-refractivity contribution in [1.29, 1.82) is 0 Å². The Kier molecular flexibility index (Phi) is 4.30. The monoisotopic (exact) mass is 256 g/mol. The van der Waals surface area contributed by atoms with E-state index in [0.29, 0.717) is 0 Å². The Labute approximate surface area is 102 Å². The number of Topliss-reactive ketones (excluding diaryl/α,β-unsaturated/α-hetero) is 3. The highest BCUT2D eigenvalue weighted by molar-refractivity contribution is 6.58. The molecule has 1 saturated carbocycles. The molecule has 1 fully saturated rings. The first kappa shape index (κ1) is 14.0. The van der Waals surface area contributed by atoms with E-state index >= 15 is 0 Å². The molecule has 2 unspecified atom stereocenters. The van der Waals surface area contributed by atoms with Crippen LogP contribution in [-0.4, -0.2) is 42.5 Å². The highest BCUT2D eigenvalue weighted by Gasteiger charge is 2.56. The van der Waals surface area contributed by atoms with Crippen LogP contribution in [0.4, 0.5) is 0 Å². The van der Waals surface area contributed by atoms with Gasteiger partial charge in [0.1, 0.15) is 0 Å². The Hall–Kier alpha value is -2.05. The van der Waals surface area contributed by atoms with Crippen molar-refractivity contribution in [3.05, 3.63) is 0 Å². The number of carbonyl (C=O) groups excluding carboxylic acids is 5.